The Morgan fingerprint density at radius 3 is 1.60 bits per heavy atom. The lowest BCUT2D eigenvalue weighted by atomic mass is 9.33. The quantitative estimate of drug-likeness (QED) is 0.165. The molecule has 2 aliphatic carbocycles. The smallest absolute Gasteiger partial charge is 0.252 e. The molecule has 4 heteroatoms. The van der Waals surface area contributed by atoms with Gasteiger partial charge in [-0.1, -0.05) is 139 Å². The fourth-order valence-electron chi connectivity index (χ4n) is 12.5. The maximum absolute atomic E-state index is 6.80. The summed E-state index contributed by atoms with van der Waals surface area (Å²) >= 11 is 0. The second-order valence-corrected chi connectivity index (χ2v) is 24.6. The van der Waals surface area contributed by atoms with Crippen molar-refractivity contribution in [1.29, 1.82) is 0 Å². The molecule has 3 nitrogen and oxygen atoms in total. The number of anilines is 6. The molecule has 332 valence electrons. The van der Waals surface area contributed by atoms with Crippen LogP contribution in [0.5, 0.6) is 0 Å². The Balaban J connectivity index is 1.31. The van der Waals surface area contributed by atoms with E-state index in [1.807, 2.05) is 0 Å². The standard InChI is InChI=1S/C61H69BN2O/c1-35(2)38-20-21-45-49(30-38)63(47-33-43-41(28-36(47)3)58(8,9)24-26-60(43,12)13)50-31-39(57(5,6)7)32-51-55(50)62(45)46-22-23-53-54(40-18-16-17-19-52(40)65-53)56(46)64(51)48-34-44-42(29-37(48)4)59(10,11)25-27-61(44,14)15/h16-23,28-35H,24-27H2,1-15H3. The van der Waals surface area contributed by atoms with E-state index in [0.717, 1.165) is 17.6 Å². The minimum Gasteiger partial charge on any atom is -0.456 e. The summed E-state index contributed by atoms with van der Waals surface area (Å²) in [6.45, 7) is 36.3. The molecule has 0 bridgehead atoms. The van der Waals surface area contributed by atoms with Crippen LogP contribution in [0.4, 0.5) is 34.1 Å². The number of nitrogens with zero attached hydrogens (tertiary/aromatic N) is 2. The molecule has 0 atom stereocenters. The fraction of sp³-hybridized carbons (Fsp3) is 0.410. The summed E-state index contributed by atoms with van der Waals surface area (Å²) in [5, 5.41) is 2.36. The Morgan fingerprint density at radius 1 is 0.538 bits per heavy atom. The van der Waals surface area contributed by atoms with E-state index in [4.69, 9.17) is 4.42 Å². The van der Waals surface area contributed by atoms with Gasteiger partial charge >= 0.3 is 0 Å². The normalized spacial score (nSPS) is 18.7. The molecule has 11 rings (SSSR count). The lowest BCUT2D eigenvalue weighted by Gasteiger charge is -2.47. The zero-order chi connectivity index (χ0) is 46.1. The van der Waals surface area contributed by atoms with Crippen LogP contribution >= 0.6 is 0 Å². The van der Waals surface area contributed by atoms with E-state index in [2.05, 4.69) is 205 Å². The van der Waals surface area contributed by atoms with Gasteiger partial charge in [-0.05, 0) is 176 Å². The first-order valence-corrected chi connectivity index (χ1v) is 24.7. The van der Waals surface area contributed by atoms with Crippen molar-refractivity contribution in [1.82, 2.24) is 0 Å². The van der Waals surface area contributed by atoms with Crippen molar-refractivity contribution in [3.05, 3.63) is 136 Å². The highest BCUT2D eigenvalue weighted by atomic mass is 16.3. The number of aryl methyl sites for hydroxylation is 2. The number of hydrogen-bond acceptors (Lipinski definition) is 3. The molecule has 0 fully saturated rings. The third-order valence-corrected chi connectivity index (χ3v) is 16.9. The van der Waals surface area contributed by atoms with E-state index in [0.29, 0.717) is 5.92 Å². The summed E-state index contributed by atoms with van der Waals surface area (Å²) in [7, 11) is 0. The van der Waals surface area contributed by atoms with Gasteiger partial charge in [-0.15, -0.1) is 0 Å². The summed E-state index contributed by atoms with van der Waals surface area (Å²) in [6, 6.07) is 36.3. The highest BCUT2D eigenvalue weighted by Crippen LogP contribution is 2.55. The van der Waals surface area contributed by atoms with Gasteiger partial charge in [0.25, 0.3) is 6.71 Å². The average Bonchev–Trinajstić information content (AvgIpc) is 3.63. The summed E-state index contributed by atoms with van der Waals surface area (Å²) in [6.07, 6.45) is 4.73. The van der Waals surface area contributed by atoms with Gasteiger partial charge in [-0.25, -0.2) is 0 Å². The van der Waals surface area contributed by atoms with Crippen LogP contribution in [0, 0.1) is 13.8 Å². The van der Waals surface area contributed by atoms with E-state index in [-0.39, 0.29) is 33.8 Å². The molecule has 65 heavy (non-hydrogen) atoms. The molecule has 2 aliphatic heterocycles. The molecule has 0 N–H and O–H groups in total. The zero-order valence-electron chi connectivity index (χ0n) is 41.9. The lowest BCUT2D eigenvalue weighted by Crippen LogP contribution is -2.61. The molecule has 6 aromatic carbocycles. The molecular weight excluding hydrogens is 787 g/mol. The largest absolute Gasteiger partial charge is 0.456 e. The van der Waals surface area contributed by atoms with Crippen molar-refractivity contribution < 1.29 is 4.42 Å². The first-order chi connectivity index (χ1) is 30.5. The zero-order valence-corrected chi connectivity index (χ0v) is 41.9. The Bertz CT molecular complexity index is 3170. The molecule has 0 amide bonds. The topological polar surface area (TPSA) is 19.6 Å². The summed E-state index contributed by atoms with van der Waals surface area (Å²) in [5.74, 6) is 0.386. The van der Waals surface area contributed by atoms with Crippen LogP contribution in [0.3, 0.4) is 0 Å². The Labute approximate surface area is 389 Å². The lowest BCUT2D eigenvalue weighted by molar-refractivity contribution is 0.332. The molecule has 1 aromatic heterocycles. The van der Waals surface area contributed by atoms with Crippen LogP contribution in [0.2, 0.25) is 0 Å². The van der Waals surface area contributed by atoms with Crippen molar-refractivity contribution in [3.63, 3.8) is 0 Å². The minimum atomic E-state index is -0.124. The second kappa shape index (κ2) is 13.7. The Hall–Kier alpha value is -5.22. The maximum atomic E-state index is 6.80. The molecule has 0 saturated carbocycles. The van der Waals surface area contributed by atoms with Crippen LogP contribution in [-0.4, -0.2) is 6.71 Å². The van der Waals surface area contributed by atoms with Gasteiger partial charge in [0, 0.05) is 33.8 Å². The number of fused-ring (bicyclic) bond motifs is 10. The summed E-state index contributed by atoms with van der Waals surface area (Å²) in [4.78, 5) is 5.41. The van der Waals surface area contributed by atoms with Crippen LogP contribution < -0.4 is 26.2 Å². The van der Waals surface area contributed by atoms with Crippen molar-refractivity contribution in [2.75, 3.05) is 9.80 Å². The second-order valence-electron chi connectivity index (χ2n) is 24.6. The average molecular weight is 857 g/mol. The first-order valence-electron chi connectivity index (χ1n) is 24.7. The van der Waals surface area contributed by atoms with Gasteiger partial charge < -0.3 is 14.2 Å². The third kappa shape index (κ3) is 6.13. The summed E-state index contributed by atoms with van der Waals surface area (Å²) in [5.41, 5.74) is 25.2. The van der Waals surface area contributed by atoms with Gasteiger partial charge in [0.15, 0.2) is 0 Å². The van der Waals surface area contributed by atoms with Crippen LogP contribution in [0.15, 0.2) is 95.4 Å². The minimum absolute atomic E-state index is 0.00686. The monoisotopic (exact) mass is 857 g/mol. The van der Waals surface area contributed by atoms with Gasteiger partial charge in [-0.3, -0.25) is 0 Å². The molecule has 7 aromatic rings. The fourth-order valence-corrected chi connectivity index (χ4v) is 12.5. The van der Waals surface area contributed by atoms with E-state index in [1.54, 1.807) is 0 Å². The van der Waals surface area contributed by atoms with Crippen LogP contribution in [0.1, 0.15) is 166 Å². The van der Waals surface area contributed by atoms with Gasteiger partial charge in [-0.2, -0.15) is 0 Å². The third-order valence-electron chi connectivity index (χ3n) is 16.9. The molecule has 3 heterocycles. The Kier molecular flexibility index (Phi) is 8.93. The van der Waals surface area contributed by atoms with E-state index >= 15 is 0 Å². The number of para-hydroxylation sites is 1. The number of rotatable bonds is 3. The van der Waals surface area contributed by atoms with E-state index in [1.165, 1.54) is 125 Å². The Morgan fingerprint density at radius 2 is 1.05 bits per heavy atom. The predicted molar refractivity (Wildman–Crippen MR) is 281 cm³/mol. The molecule has 4 aliphatic rings. The van der Waals surface area contributed by atoms with Crippen molar-refractivity contribution >= 4 is 79.2 Å². The van der Waals surface area contributed by atoms with Crippen LogP contribution in [0.25, 0.3) is 21.9 Å². The maximum Gasteiger partial charge on any atom is 0.252 e. The SMILES string of the molecule is Cc1cc2c(cc1N1c3cc(C(C)C)ccc3B3c4ccc5oc6ccccc6c5c4N(c4cc5c(cc4C)C(C)(C)CCC5(C)C)c4cc(C(C)(C)C)cc1c43)C(C)(C)CCC2(C)C. The molecule has 0 spiro atoms. The van der Waals surface area contributed by atoms with Gasteiger partial charge in [0.1, 0.15) is 11.2 Å². The first kappa shape index (κ1) is 42.4. The van der Waals surface area contributed by atoms with E-state index in [9.17, 15) is 0 Å². The molecule has 0 unspecified atom stereocenters. The van der Waals surface area contributed by atoms with Crippen molar-refractivity contribution in [2.45, 2.75) is 163 Å². The van der Waals surface area contributed by atoms with Crippen molar-refractivity contribution in [2.24, 2.45) is 0 Å². The predicted octanol–water partition coefficient (Wildman–Crippen LogP) is 15.4. The van der Waals surface area contributed by atoms with Crippen molar-refractivity contribution in [3.8, 4) is 0 Å². The molecular formula is C61H69BN2O. The van der Waals surface area contributed by atoms with Gasteiger partial charge in [0.05, 0.1) is 11.1 Å². The molecule has 0 saturated heterocycles. The van der Waals surface area contributed by atoms with E-state index < -0.39 is 0 Å². The van der Waals surface area contributed by atoms with Gasteiger partial charge in [0.2, 0.25) is 0 Å². The number of furan rings is 1. The molecule has 0 radical (unpaired) electrons. The highest BCUT2D eigenvalue weighted by molar-refractivity contribution is 7.00. The number of benzene rings is 6. The number of hydrogen-bond donors (Lipinski definition) is 0. The van der Waals surface area contributed by atoms with Crippen LogP contribution in [-0.2, 0) is 27.1 Å². The summed E-state index contributed by atoms with van der Waals surface area (Å²) < 4.78 is 6.80. The highest BCUT2D eigenvalue weighted by Gasteiger charge is 2.47.